The molecule has 0 amide bonds. The van der Waals surface area contributed by atoms with Gasteiger partial charge in [-0.2, -0.15) is 0 Å². The number of nitrogens with one attached hydrogen (secondary N) is 1. The van der Waals surface area contributed by atoms with Crippen molar-refractivity contribution in [1.82, 2.24) is 5.32 Å². The van der Waals surface area contributed by atoms with Crippen molar-refractivity contribution >= 4 is 9.84 Å². The zero-order valence-corrected chi connectivity index (χ0v) is 8.49. The van der Waals surface area contributed by atoms with Gasteiger partial charge < -0.3 is 10.1 Å². The van der Waals surface area contributed by atoms with E-state index in [0.717, 1.165) is 6.54 Å². The van der Waals surface area contributed by atoms with E-state index in [1.54, 1.807) is 0 Å². The van der Waals surface area contributed by atoms with Crippen molar-refractivity contribution in [2.24, 2.45) is 0 Å². The molecule has 5 heteroatoms. The second kappa shape index (κ2) is 6.39. The molecule has 0 aromatic heterocycles. The minimum Gasteiger partial charge on any atom is -0.384 e. The van der Waals surface area contributed by atoms with Crippen LogP contribution in [0.1, 0.15) is 6.42 Å². The van der Waals surface area contributed by atoms with E-state index >= 15 is 0 Å². The smallest absolute Gasteiger partial charge is 0.152 e. The molecule has 0 atom stereocenters. The Labute approximate surface area is 74.2 Å². The Morgan fingerprint density at radius 2 is 2.00 bits per heavy atom. The Balaban J connectivity index is 3.58. The van der Waals surface area contributed by atoms with Crippen LogP contribution in [0.15, 0.2) is 0 Å². The molecule has 0 saturated carbocycles. The van der Waals surface area contributed by atoms with E-state index in [0.29, 0.717) is 13.0 Å². The highest BCUT2D eigenvalue weighted by Gasteiger charge is 2.08. The first-order valence-corrected chi connectivity index (χ1v) is 5.78. The van der Waals surface area contributed by atoms with Crippen LogP contribution in [0.25, 0.3) is 0 Å². The Hall–Kier alpha value is -0.130. The van der Waals surface area contributed by atoms with Gasteiger partial charge in [0, 0.05) is 7.11 Å². The fraction of sp³-hybridized carbons (Fsp3) is 1.00. The van der Waals surface area contributed by atoms with Crippen molar-refractivity contribution < 1.29 is 13.2 Å². The van der Waals surface area contributed by atoms with Crippen LogP contribution in [-0.4, -0.2) is 47.2 Å². The Morgan fingerprint density at radius 1 is 1.33 bits per heavy atom. The highest BCUT2D eigenvalue weighted by Crippen LogP contribution is 1.93. The number of ether oxygens (including phenoxy) is 1. The summed E-state index contributed by atoms with van der Waals surface area (Å²) in [5.74, 6) is 0.379. The molecular formula is C7H17NO3S. The summed E-state index contributed by atoms with van der Waals surface area (Å²) < 4.78 is 27.0. The summed E-state index contributed by atoms with van der Waals surface area (Å²) in [7, 11) is 0.429. The Kier molecular flexibility index (Phi) is 6.32. The van der Waals surface area contributed by atoms with E-state index in [9.17, 15) is 8.42 Å². The van der Waals surface area contributed by atoms with Crippen molar-refractivity contribution in [3.8, 4) is 0 Å². The molecule has 0 fully saturated rings. The number of sulfone groups is 1. The summed E-state index contributed by atoms with van der Waals surface area (Å²) in [6, 6.07) is 0. The third-order valence-electron chi connectivity index (χ3n) is 1.48. The lowest BCUT2D eigenvalue weighted by molar-refractivity contribution is 0.217. The van der Waals surface area contributed by atoms with Gasteiger partial charge in [0.2, 0.25) is 0 Å². The van der Waals surface area contributed by atoms with Gasteiger partial charge in [0.25, 0.3) is 0 Å². The van der Waals surface area contributed by atoms with Crippen LogP contribution >= 0.6 is 0 Å². The summed E-state index contributed by atoms with van der Waals surface area (Å²) in [6.07, 6.45) is 0.669. The maximum atomic E-state index is 11.2. The summed E-state index contributed by atoms with van der Waals surface area (Å²) in [4.78, 5) is 0. The molecule has 0 aliphatic rings. The summed E-state index contributed by atoms with van der Waals surface area (Å²) in [5.41, 5.74) is 0. The number of hydrogen-bond acceptors (Lipinski definition) is 4. The first kappa shape index (κ1) is 11.9. The fourth-order valence-corrected chi connectivity index (χ4v) is 1.99. The van der Waals surface area contributed by atoms with Crippen LogP contribution in [0.3, 0.4) is 0 Å². The van der Waals surface area contributed by atoms with E-state index in [4.69, 9.17) is 0 Å². The molecule has 0 aliphatic carbocycles. The Bertz CT molecular complexity index is 189. The number of methoxy groups -OCH3 is 1. The molecule has 0 saturated heterocycles. The van der Waals surface area contributed by atoms with Crippen molar-refractivity contribution in [1.29, 1.82) is 0 Å². The molecule has 0 heterocycles. The highest BCUT2D eigenvalue weighted by molar-refractivity contribution is 7.91. The summed E-state index contributed by atoms with van der Waals surface area (Å²) >= 11 is 0. The molecule has 0 aromatic carbocycles. The molecule has 74 valence electrons. The zero-order chi connectivity index (χ0) is 9.45. The van der Waals surface area contributed by atoms with Gasteiger partial charge in [0.15, 0.2) is 9.84 Å². The summed E-state index contributed by atoms with van der Waals surface area (Å²) in [6.45, 7) is 1.04. The van der Waals surface area contributed by atoms with Crippen LogP contribution in [0, 0.1) is 0 Å². The molecule has 1 N–H and O–H groups in total. The quantitative estimate of drug-likeness (QED) is 0.565. The first-order valence-electron chi connectivity index (χ1n) is 3.96. The molecule has 0 unspecified atom stereocenters. The lowest BCUT2D eigenvalue weighted by Crippen LogP contribution is -2.18. The topological polar surface area (TPSA) is 55.4 Å². The van der Waals surface area contributed by atoms with Gasteiger partial charge in [-0.15, -0.1) is 0 Å². The van der Waals surface area contributed by atoms with E-state index in [1.807, 2.05) is 7.05 Å². The lowest BCUT2D eigenvalue weighted by Gasteiger charge is -2.02. The second-order valence-corrected chi connectivity index (χ2v) is 4.91. The Morgan fingerprint density at radius 3 is 2.50 bits per heavy atom. The molecule has 0 aliphatic heterocycles. The van der Waals surface area contributed by atoms with Crippen LogP contribution in [-0.2, 0) is 14.6 Å². The highest BCUT2D eigenvalue weighted by atomic mass is 32.2. The second-order valence-electron chi connectivity index (χ2n) is 2.60. The molecule has 4 nitrogen and oxygen atoms in total. The number of hydrogen-bond donors (Lipinski definition) is 1. The van der Waals surface area contributed by atoms with Gasteiger partial charge in [-0.25, -0.2) is 8.42 Å². The van der Waals surface area contributed by atoms with Gasteiger partial charge >= 0.3 is 0 Å². The molecular weight excluding hydrogens is 178 g/mol. The van der Waals surface area contributed by atoms with Crippen molar-refractivity contribution in [3.63, 3.8) is 0 Å². The lowest BCUT2D eigenvalue weighted by atomic mass is 10.5. The van der Waals surface area contributed by atoms with E-state index in [1.165, 1.54) is 7.11 Å². The predicted molar refractivity (Wildman–Crippen MR) is 49.1 cm³/mol. The van der Waals surface area contributed by atoms with Crippen LogP contribution < -0.4 is 5.32 Å². The van der Waals surface area contributed by atoms with Crippen LogP contribution in [0.5, 0.6) is 0 Å². The molecule has 12 heavy (non-hydrogen) atoms. The first-order chi connectivity index (χ1) is 5.62. The van der Waals surface area contributed by atoms with Gasteiger partial charge in [-0.3, -0.25) is 0 Å². The average Bonchev–Trinajstić information content (AvgIpc) is 2.01. The fourth-order valence-electron chi connectivity index (χ4n) is 0.781. The summed E-state index contributed by atoms with van der Waals surface area (Å²) in [5, 5.41) is 2.90. The molecule has 0 spiro atoms. The largest absolute Gasteiger partial charge is 0.384 e. The minimum atomic E-state index is -2.88. The van der Waals surface area contributed by atoms with Crippen molar-refractivity contribution in [2.45, 2.75) is 6.42 Å². The standard InChI is InChI=1S/C7H17NO3S/c1-8-4-3-6-12(9,10)7-5-11-2/h8H,3-7H2,1-2H3. The molecule has 0 aromatic rings. The van der Waals surface area contributed by atoms with Gasteiger partial charge in [-0.1, -0.05) is 0 Å². The predicted octanol–water partition coefficient (Wildman–Crippen LogP) is -0.343. The van der Waals surface area contributed by atoms with Gasteiger partial charge in [0.1, 0.15) is 0 Å². The maximum absolute atomic E-state index is 11.2. The molecule has 0 rings (SSSR count). The third-order valence-corrected chi connectivity index (χ3v) is 3.18. The van der Waals surface area contributed by atoms with Crippen molar-refractivity contribution in [3.05, 3.63) is 0 Å². The van der Waals surface area contributed by atoms with E-state index in [-0.39, 0.29) is 11.5 Å². The average molecular weight is 195 g/mol. The molecule has 0 radical (unpaired) electrons. The zero-order valence-electron chi connectivity index (χ0n) is 7.67. The van der Waals surface area contributed by atoms with E-state index in [2.05, 4.69) is 10.1 Å². The van der Waals surface area contributed by atoms with Crippen LogP contribution in [0.4, 0.5) is 0 Å². The maximum Gasteiger partial charge on any atom is 0.152 e. The van der Waals surface area contributed by atoms with Crippen molar-refractivity contribution in [2.75, 3.05) is 38.8 Å². The van der Waals surface area contributed by atoms with E-state index < -0.39 is 9.84 Å². The normalized spacial score (nSPS) is 11.8. The van der Waals surface area contributed by atoms with Gasteiger partial charge in [0.05, 0.1) is 18.1 Å². The minimum absolute atomic E-state index is 0.132. The monoisotopic (exact) mass is 195 g/mol. The molecule has 0 bridgehead atoms. The number of rotatable bonds is 7. The SMILES string of the molecule is CNCCCS(=O)(=O)CCOC. The van der Waals surface area contributed by atoms with Crippen LogP contribution in [0.2, 0.25) is 0 Å². The van der Waals surface area contributed by atoms with Gasteiger partial charge in [-0.05, 0) is 20.0 Å². The third kappa shape index (κ3) is 6.57.